The van der Waals surface area contributed by atoms with Gasteiger partial charge in [-0.05, 0) is 61.4 Å². The first-order valence-corrected chi connectivity index (χ1v) is 11.8. The molecular weight excluding hydrogens is 464 g/mol. The third-order valence-electron chi connectivity index (χ3n) is 5.70. The van der Waals surface area contributed by atoms with E-state index in [1.54, 1.807) is 43.3 Å². The molecule has 35 heavy (non-hydrogen) atoms. The first kappa shape index (κ1) is 22.6. The van der Waals surface area contributed by atoms with Crippen molar-refractivity contribution in [2.75, 3.05) is 11.5 Å². The van der Waals surface area contributed by atoms with Crippen molar-refractivity contribution in [1.29, 1.82) is 0 Å². The maximum Gasteiger partial charge on any atom is 0.296 e. The van der Waals surface area contributed by atoms with Gasteiger partial charge in [-0.2, -0.15) is 0 Å². The molecule has 8 heteroatoms. The van der Waals surface area contributed by atoms with Crippen LogP contribution in [0.5, 0.6) is 5.75 Å². The maximum atomic E-state index is 13.5. The van der Waals surface area contributed by atoms with Gasteiger partial charge in [0, 0.05) is 0 Å². The largest absolute Gasteiger partial charge is 0.503 e. The quantitative estimate of drug-likeness (QED) is 0.260. The summed E-state index contributed by atoms with van der Waals surface area (Å²) in [6, 6.07) is 15.2. The second-order valence-corrected chi connectivity index (χ2v) is 9.23. The second kappa shape index (κ2) is 8.88. The maximum absolute atomic E-state index is 13.5. The molecule has 0 bridgehead atoms. The molecule has 3 heterocycles. The van der Waals surface area contributed by atoms with Crippen molar-refractivity contribution in [2.45, 2.75) is 19.9 Å². The second-order valence-electron chi connectivity index (χ2n) is 8.22. The van der Waals surface area contributed by atoms with Gasteiger partial charge in [-0.3, -0.25) is 14.5 Å². The number of anilines is 1. The molecule has 1 amide bonds. The van der Waals surface area contributed by atoms with Gasteiger partial charge < -0.3 is 14.3 Å². The van der Waals surface area contributed by atoms with Crippen LogP contribution in [0.4, 0.5) is 5.13 Å². The van der Waals surface area contributed by atoms with Gasteiger partial charge in [0.15, 0.2) is 16.7 Å². The molecule has 0 fully saturated rings. The number of aliphatic hydroxyl groups excluding tert-OH is 1. The van der Waals surface area contributed by atoms with Crippen molar-refractivity contribution in [2.24, 2.45) is 0 Å². The van der Waals surface area contributed by atoms with Crippen molar-refractivity contribution in [3.63, 3.8) is 0 Å². The highest BCUT2D eigenvalue weighted by Gasteiger charge is 2.46. The van der Waals surface area contributed by atoms with Crippen molar-refractivity contribution >= 4 is 38.4 Å². The SMILES string of the molecule is C=CCOc1cccc([C@@H]2C(C(=O)c3ccc(C)o3)=C(O)C(=O)N2c2nc3ccc(C)cc3s2)c1. The number of nitrogens with zero attached hydrogens (tertiary/aromatic N) is 2. The third kappa shape index (κ3) is 4.02. The summed E-state index contributed by atoms with van der Waals surface area (Å²) in [7, 11) is 0. The van der Waals surface area contributed by atoms with Gasteiger partial charge in [0.2, 0.25) is 5.78 Å². The Kier molecular flexibility index (Phi) is 5.74. The average Bonchev–Trinajstić information content (AvgIpc) is 3.53. The molecule has 2 aromatic heterocycles. The number of thiazole rings is 1. The minimum atomic E-state index is -0.922. The van der Waals surface area contributed by atoms with Crippen LogP contribution >= 0.6 is 11.3 Å². The predicted octanol–water partition coefficient (Wildman–Crippen LogP) is 5.85. The molecule has 7 nitrogen and oxygen atoms in total. The Hall–Kier alpha value is -4.17. The van der Waals surface area contributed by atoms with Crippen LogP contribution in [0.25, 0.3) is 10.2 Å². The number of hydrogen-bond donors (Lipinski definition) is 1. The molecule has 1 aliphatic rings. The van der Waals surface area contributed by atoms with Crippen molar-refractivity contribution in [3.05, 3.63) is 101 Å². The Morgan fingerprint density at radius 1 is 1.23 bits per heavy atom. The molecule has 1 aliphatic heterocycles. The first-order chi connectivity index (χ1) is 16.9. The van der Waals surface area contributed by atoms with E-state index in [0.29, 0.717) is 28.8 Å². The zero-order chi connectivity index (χ0) is 24.7. The molecule has 176 valence electrons. The Bertz CT molecular complexity index is 1510. The van der Waals surface area contributed by atoms with Crippen LogP contribution in [0.2, 0.25) is 0 Å². The Balaban J connectivity index is 1.66. The zero-order valence-electron chi connectivity index (χ0n) is 19.1. The van der Waals surface area contributed by atoms with E-state index in [0.717, 1.165) is 15.8 Å². The average molecular weight is 487 g/mol. The number of aromatic nitrogens is 1. The van der Waals surface area contributed by atoms with Crippen LogP contribution in [0.3, 0.4) is 0 Å². The normalized spacial score (nSPS) is 15.8. The minimum Gasteiger partial charge on any atom is -0.503 e. The fraction of sp³-hybridized carbons (Fsp3) is 0.148. The van der Waals surface area contributed by atoms with E-state index in [9.17, 15) is 14.7 Å². The van der Waals surface area contributed by atoms with Crippen LogP contribution in [0.1, 0.15) is 33.5 Å². The predicted molar refractivity (Wildman–Crippen MR) is 134 cm³/mol. The van der Waals surface area contributed by atoms with Gasteiger partial charge in [-0.15, -0.1) is 0 Å². The summed E-state index contributed by atoms with van der Waals surface area (Å²) in [6.07, 6.45) is 1.63. The molecule has 0 aliphatic carbocycles. The summed E-state index contributed by atoms with van der Waals surface area (Å²) in [4.78, 5) is 32.9. The molecule has 1 N–H and O–H groups in total. The smallest absolute Gasteiger partial charge is 0.296 e. The lowest BCUT2D eigenvalue weighted by atomic mass is 9.95. The van der Waals surface area contributed by atoms with Crippen LogP contribution in [-0.2, 0) is 4.79 Å². The molecule has 0 saturated heterocycles. The number of furan rings is 1. The van der Waals surface area contributed by atoms with E-state index in [1.165, 1.54) is 22.3 Å². The molecule has 1 atom stereocenters. The summed E-state index contributed by atoms with van der Waals surface area (Å²) < 4.78 is 12.1. The monoisotopic (exact) mass is 486 g/mol. The molecule has 5 rings (SSSR count). The summed E-state index contributed by atoms with van der Waals surface area (Å²) in [5.74, 6) is -0.750. The summed E-state index contributed by atoms with van der Waals surface area (Å²) in [6.45, 7) is 7.66. The Morgan fingerprint density at radius 3 is 2.80 bits per heavy atom. The highest BCUT2D eigenvalue weighted by Crippen LogP contribution is 2.44. The number of fused-ring (bicyclic) bond motifs is 1. The van der Waals surface area contributed by atoms with Gasteiger partial charge in [0.1, 0.15) is 18.1 Å². The summed E-state index contributed by atoms with van der Waals surface area (Å²) >= 11 is 1.32. The fourth-order valence-electron chi connectivity index (χ4n) is 4.09. The molecule has 0 radical (unpaired) electrons. The van der Waals surface area contributed by atoms with Crippen molar-refractivity contribution in [3.8, 4) is 5.75 Å². The number of carbonyl (C=O) groups excluding carboxylic acids is 2. The summed E-state index contributed by atoms with van der Waals surface area (Å²) in [5, 5.41) is 11.3. The fourth-order valence-corrected chi connectivity index (χ4v) is 5.18. The van der Waals surface area contributed by atoms with Crippen molar-refractivity contribution in [1.82, 2.24) is 4.98 Å². The summed E-state index contributed by atoms with van der Waals surface area (Å²) in [5.41, 5.74) is 2.31. The number of ketones is 1. The van der Waals surface area contributed by atoms with Gasteiger partial charge in [0.05, 0.1) is 21.8 Å². The number of aliphatic hydroxyl groups is 1. The molecule has 2 aromatic carbocycles. The lowest BCUT2D eigenvalue weighted by Crippen LogP contribution is -2.31. The van der Waals surface area contributed by atoms with E-state index in [4.69, 9.17) is 9.15 Å². The lowest BCUT2D eigenvalue weighted by Gasteiger charge is -2.24. The van der Waals surface area contributed by atoms with E-state index < -0.39 is 23.5 Å². The van der Waals surface area contributed by atoms with Gasteiger partial charge in [0.25, 0.3) is 5.91 Å². The zero-order valence-corrected chi connectivity index (χ0v) is 20.0. The number of aryl methyl sites for hydroxylation is 2. The van der Waals surface area contributed by atoms with Crippen molar-refractivity contribution < 1.29 is 23.8 Å². The number of benzene rings is 2. The standard InChI is InChI=1S/C27H22N2O5S/c1-4-12-33-18-7-5-6-17(14-18)23-22(24(30)20-11-9-16(3)34-20)25(31)26(32)29(23)27-28-19-10-8-15(2)13-21(19)35-27/h4-11,13-14,23,31H,1,12H2,2-3H3/t23-/m1/s1. The van der Waals surface area contributed by atoms with E-state index in [1.807, 2.05) is 25.1 Å². The number of amides is 1. The lowest BCUT2D eigenvalue weighted by molar-refractivity contribution is -0.117. The minimum absolute atomic E-state index is 0.0442. The van der Waals surface area contributed by atoms with Crippen LogP contribution in [0, 0.1) is 13.8 Å². The topological polar surface area (TPSA) is 92.9 Å². The van der Waals surface area contributed by atoms with Gasteiger partial charge in [-0.25, -0.2) is 4.98 Å². The van der Waals surface area contributed by atoms with E-state index >= 15 is 0 Å². The Labute approximate surface area is 205 Å². The number of Topliss-reactive ketones (excluding diaryl/α,β-unsaturated/α-hetero) is 1. The molecule has 4 aromatic rings. The molecule has 0 saturated carbocycles. The van der Waals surface area contributed by atoms with Gasteiger partial charge in [-0.1, -0.05) is 42.2 Å². The third-order valence-corrected chi connectivity index (χ3v) is 6.71. The van der Waals surface area contributed by atoms with E-state index in [2.05, 4.69) is 11.6 Å². The number of hydrogen-bond acceptors (Lipinski definition) is 7. The van der Waals surface area contributed by atoms with Crippen LogP contribution < -0.4 is 9.64 Å². The highest BCUT2D eigenvalue weighted by atomic mass is 32.1. The first-order valence-electron chi connectivity index (χ1n) is 11.0. The molecule has 0 unspecified atom stereocenters. The van der Waals surface area contributed by atoms with Crippen LogP contribution in [0.15, 0.2) is 83.0 Å². The number of rotatable bonds is 7. The van der Waals surface area contributed by atoms with Crippen LogP contribution in [-0.4, -0.2) is 28.4 Å². The molecular formula is C27H22N2O5S. The highest BCUT2D eigenvalue weighted by molar-refractivity contribution is 7.22. The Morgan fingerprint density at radius 2 is 2.06 bits per heavy atom. The number of ether oxygens (including phenoxy) is 1. The number of carbonyl (C=O) groups is 2. The van der Waals surface area contributed by atoms with E-state index in [-0.39, 0.29) is 11.3 Å². The van der Waals surface area contributed by atoms with Gasteiger partial charge >= 0.3 is 0 Å². The molecule has 0 spiro atoms.